The number of ether oxygens (including phenoxy) is 1. The van der Waals surface area contributed by atoms with E-state index in [4.69, 9.17) is 9.15 Å². The molecule has 172 valence electrons. The summed E-state index contributed by atoms with van der Waals surface area (Å²) < 4.78 is 49.1. The van der Waals surface area contributed by atoms with Gasteiger partial charge in [-0.05, 0) is 55.5 Å². The van der Waals surface area contributed by atoms with E-state index in [1.807, 2.05) is 0 Å². The number of amides is 2. The van der Waals surface area contributed by atoms with Crippen LogP contribution < -0.4 is 10.6 Å². The molecule has 1 unspecified atom stereocenters. The highest BCUT2D eigenvalue weighted by molar-refractivity contribution is 5.97. The summed E-state index contributed by atoms with van der Waals surface area (Å²) in [4.78, 5) is 35.7. The summed E-state index contributed by atoms with van der Waals surface area (Å²) in [7, 11) is 0. The summed E-state index contributed by atoms with van der Waals surface area (Å²) in [6.45, 7) is 2.73. The molecule has 0 saturated carbocycles. The van der Waals surface area contributed by atoms with Gasteiger partial charge < -0.3 is 19.8 Å². The Morgan fingerprint density at radius 2 is 1.58 bits per heavy atom. The Hall–Kier alpha value is -4.08. The number of carbonyl (C=O) groups excluding carboxylic acids is 3. The van der Waals surface area contributed by atoms with Gasteiger partial charge in [0.15, 0.2) is 6.10 Å². The number of halogens is 3. The molecular weight excluding hydrogens is 441 g/mol. The van der Waals surface area contributed by atoms with Crippen molar-refractivity contribution in [2.45, 2.75) is 26.1 Å². The van der Waals surface area contributed by atoms with Gasteiger partial charge in [-0.2, -0.15) is 13.2 Å². The lowest BCUT2D eigenvalue weighted by Gasteiger charge is -2.13. The predicted molar refractivity (Wildman–Crippen MR) is 113 cm³/mol. The number of hydrogen-bond acceptors (Lipinski definition) is 5. The van der Waals surface area contributed by atoms with Gasteiger partial charge in [-0.15, -0.1) is 0 Å². The molecule has 0 saturated heterocycles. The number of esters is 1. The molecule has 0 fully saturated rings. The van der Waals surface area contributed by atoms with E-state index in [0.29, 0.717) is 11.4 Å². The highest BCUT2D eigenvalue weighted by Gasteiger charge is 2.30. The number of benzene rings is 2. The van der Waals surface area contributed by atoms with Gasteiger partial charge in [0.1, 0.15) is 5.76 Å². The topological polar surface area (TPSA) is 97.6 Å². The van der Waals surface area contributed by atoms with Crippen LogP contribution in [0, 0.1) is 0 Å². The van der Waals surface area contributed by atoms with Crippen LogP contribution in [0.3, 0.4) is 0 Å². The smallest absolute Gasteiger partial charge is 0.416 e. The van der Waals surface area contributed by atoms with Crippen molar-refractivity contribution >= 4 is 29.2 Å². The maximum Gasteiger partial charge on any atom is 0.416 e. The zero-order chi connectivity index (χ0) is 24.2. The Morgan fingerprint density at radius 3 is 2.18 bits per heavy atom. The van der Waals surface area contributed by atoms with Gasteiger partial charge in [0.25, 0.3) is 5.91 Å². The molecule has 0 aliphatic carbocycles. The second-order valence-corrected chi connectivity index (χ2v) is 7.04. The lowest BCUT2D eigenvalue weighted by atomic mass is 10.1. The molecule has 3 rings (SSSR count). The van der Waals surface area contributed by atoms with Gasteiger partial charge in [0.05, 0.1) is 5.56 Å². The van der Waals surface area contributed by atoms with Gasteiger partial charge in [0, 0.05) is 23.9 Å². The molecule has 2 N–H and O–H groups in total. The average molecular weight is 460 g/mol. The van der Waals surface area contributed by atoms with E-state index >= 15 is 0 Å². The lowest BCUT2D eigenvalue weighted by molar-refractivity contribution is -0.137. The van der Waals surface area contributed by atoms with Crippen molar-refractivity contribution in [3.8, 4) is 11.3 Å². The van der Waals surface area contributed by atoms with Gasteiger partial charge in [0.2, 0.25) is 11.7 Å². The van der Waals surface area contributed by atoms with Crippen LogP contribution in [0.4, 0.5) is 24.5 Å². The molecular formula is C23H19F3N2O5. The SMILES string of the molecule is CC(=O)Nc1ccc(NC(=O)C(C)OC(=O)c2ccc(-c3cccc(C(F)(F)F)c3)o2)cc1. The second kappa shape index (κ2) is 9.60. The third-order valence-corrected chi connectivity index (χ3v) is 4.41. The van der Waals surface area contributed by atoms with E-state index in [9.17, 15) is 27.6 Å². The van der Waals surface area contributed by atoms with Crippen LogP contribution in [0.5, 0.6) is 0 Å². The fraction of sp³-hybridized carbons (Fsp3) is 0.174. The third-order valence-electron chi connectivity index (χ3n) is 4.41. The zero-order valence-corrected chi connectivity index (χ0v) is 17.5. The molecule has 2 amide bonds. The van der Waals surface area contributed by atoms with Gasteiger partial charge in [-0.25, -0.2) is 4.79 Å². The molecule has 1 atom stereocenters. The van der Waals surface area contributed by atoms with Crippen molar-refractivity contribution in [3.63, 3.8) is 0 Å². The molecule has 33 heavy (non-hydrogen) atoms. The summed E-state index contributed by atoms with van der Waals surface area (Å²) in [5.41, 5.74) is 0.254. The highest BCUT2D eigenvalue weighted by atomic mass is 19.4. The number of rotatable bonds is 6. The highest BCUT2D eigenvalue weighted by Crippen LogP contribution is 2.32. The van der Waals surface area contributed by atoms with Crippen LogP contribution >= 0.6 is 0 Å². The minimum atomic E-state index is -4.52. The first kappa shape index (κ1) is 23.6. The number of anilines is 2. The van der Waals surface area contributed by atoms with Crippen LogP contribution in [0.2, 0.25) is 0 Å². The average Bonchev–Trinajstić information content (AvgIpc) is 3.25. The van der Waals surface area contributed by atoms with Crippen molar-refractivity contribution in [3.05, 3.63) is 72.0 Å². The summed E-state index contributed by atoms with van der Waals surface area (Å²) in [5.74, 6) is -2.01. The minimum absolute atomic E-state index is 0.0458. The molecule has 3 aromatic rings. The van der Waals surface area contributed by atoms with Crippen LogP contribution in [0.1, 0.15) is 30.0 Å². The Balaban J connectivity index is 1.62. The maximum atomic E-state index is 12.9. The fourth-order valence-corrected chi connectivity index (χ4v) is 2.81. The monoisotopic (exact) mass is 460 g/mol. The largest absolute Gasteiger partial charge is 0.449 e. The van der Waals surface area contributed by atoms with Crippen molar-refractivity contribution in [2.75, 3.05) is 10.6 Å². The molecule has 0 aliphatic rings. The Morgan fingerprint density at radius 1 is 0.939 bits per heavy atom. The van der Waals surface area contributed by atoms with Crippen molar-refractivity contribution < 1.29 is 36.7 Å². The van der Waals surface area contributed by atoms with E-state index < -0.39 is 29.7 Å². The van der Waals surface area contributed by atoms with Crippen molar-refractivity contribution in [2.24, 2.45) is 0 Å². The molecule has 1 heterocycles. The number of hydrogen-bond donors (Lipinski definition) is 2. The molecule has 7 nitrogen and oxygen atoms in total. The molecule has 0 radical (unpaired) electrons. The van der Waals surface area contributed by atoms with Crippen LogP contribution in [-0.4, -0.2) is 23.9 Å². The van der Waals surface area contributed by atoms with Crippen molar-refractivity contribution in [1.82, 2.24) is 0 Å². The normalized spacial score (nSPS) is 12.0. The Bertz CT molecular complexity index is 1170. The summed E-state index contributed by atoms with van der Waals surface area (Å²) >= 11 is 0. The molecule has 1 aromatic heterocycles. The first-order chi connectivity index (χ1) is 15.5. The maximum absolute atomic E-state index is 12.9. The summed E-state index contributed by atoms with van der Waals surface area (Å²) in [6, 6.07) is 13.4. The van der Waals surface area contributed by atoms with E-state index in [2.05, 4.69) is 10.6 Å². The number of carbonyl (C=O) groups is 3. The first-order valence-corrected chi connectivity index (χ1v) is 9.70. The van der Waals surface area contributed by atoms with Crippen LogP contribution in [0.25, 0.3) is 11.3 Å². The zero-order valence-electron chi connectivity index (χ0n) is 17.5. The standard InChI is InChI=1S/C23H19F3N2O5/c1-13(21(30)28-18-8-6-17(7-9-18)27-14(2)29)32-22(31)20-11-10-19(33-20)15-4-3-5-16(12-15)23(24,25)26/h3-13H,1-2H3,(H,27,29)(H,28,30). The van der Waals surface area contributed by atoms with Crippen LogP contribution in [-0.2, 0) is 20.5 Å². The van der Waals surface area contributed by atoms with E-state index in [-0.39, 0.29) is 23.0 Å². The summed E-state index contributed by atoms with van der Waals surface area (Å²) in [6.07, 6.45) is -5.70. The lowest BCUT2D eigenvalue weighted by Crippen LogP contribution is -2.29. The molecule has 10 heteroatoms. The van der Waals surface area contributed by atoms with Gasteiger partial charge in [-0.1, -0.05) is 12.1 Å². The number of alkyl halides is 3. The van der Waals surface area contributed by atoms with E-state index in [1.165, 1.54) is 38.1 Å². The van der Waals surface area contributed by atoms with Gasteiger partial charge in [-0.3, -0.25) is 9.59 Å². The minimum Gasteiger partial charge on any atom is -0.449 e. The van der Waals surface area contributed by atoms with Gasteiger partial charge >= 0.3 is 12.1 Å². The molecule has 2 aromatic carbocycles. The van der Waals surface area contributed by atoms with E-state index in [1.54, 1.807) is 24.3 Å². The molecule has 0 bridgehead atoms. The number of furan rings is 1. The Kier molecular flexibility index (Phi) is 6.86. The predicted octanol–water partition coefficient (Wildman–Crippen LogP) is 5.11. The summed E-state index contributed by atoms with van der Waals surface area (Å²) in [5, 5.41) is 5.15. The molecule has 0 aliphatic heterocycles. The molecule has 0 spiro atoms. The second-order valence-electron chi connectivity index (χ2n) is 7.04. The Labute approximate surface area is 186 Å². The van der Waals surface area contributed by atoms with Crippen LogP contribution in [0.15, 0.2) is 65.1 Å². The van der Waals surface area contributed by atoms with Crippen molar-refractivity contribution in [1.29, 1.82) is 0 Å². The van der Waals surface area contributed by atoms with E-state index in [0.717, 1.165) is 12.1 Å². The first-order valence-electron chi connectivity index (χ1n) is 9.70. The third kappa shape index (κ3) is 6.22. The fourth-order valence-electron chi connectivity index (χ4n) is 2.81. The quantitative estimate of drug-likeness (QED) is 0.499. The number of nitrogens with one attached hydrogen (secondary N) is 2.